The molecule has 0 atom stereocenters. The predicted octanol–water partition coefficient (Wildman–Crippen LogP) is 2.42. The highest BCUT2D eigenvalue weighted by Crippen LogP contribution is 2.14. The number of oxazole rings is 1. The minimum atomic E-state index is -0.541. The maximum absolute atomic E-state index is 11.7. The van der Waals surface area contributed by atoms with Crippen molar-refractivity contribution in [2.24, 2.45) is 7.05 Å². The zero-order valence-electron chi connectivity index (χ0n) is 11.9. The monoisotopic (exact) mass is 298 g/mol. The highest BCUT2D eigenvalue weighted by atomic mass is 16.6. The third-order valence-corrected chi connectivity index (χ3v) is 3.25. The quantitative estimate of drug-likeness (QED) is 0.806. The summed E-state index contributed by atoms with van der Waals surface area (Å²) < 4.78 is 11.7. The van der Waals surface area contributed by atoms with Crippen LogP contribution in [-0.2, 0) is 13.6 Å². The summed E-state index contributed by atoms with van der Waals surface area (Å²) in [7, 11) is 1.64. The van der Waals surface area contributed by atoms with Crippen LogP contribution in [0.5, 0.6) is 5.75 Å². The number of ether oxygens (including phenoxy) is 1. The summed E-state index contributed by atoms with van der Waals surface area (Å²) >= 11 is 0. The number of carbonyl (C=O) groups is 1. The van der Waals surface area contributed by atoms with Gasteiger partial charge in [-0.15, -0.1) is 0 Å². The van der Waals surface area contributed by atoms with Crippen LogP contribution in [0.2, 0.25) is 0 Å². The van der Waals surface area contributed by atoms with Gasteiger partial charge in [0.1, 0.15) is 5.75 Å². The Balaban J connectivity index is 1.66. The molecule has 6 heteroatoms. The third-order valence-electron chi connectivity index (χ3n) is 3.25. The van der Waals surface area contributed by atoms with E-state index in [1.807, 2.05) is 12.1 Å². The molecule has 22 heavy (non-hydrogen) atoms. The van der Waals surface area contributed by atoms with Gasteiger partial charge in [0.2, 0.25) is 0 Å². The van der Waals surface area contributed by atoms with Gasteiger partial charge in [0, 0.05) is 13.6 Å². The number of carbonyl (C=O) groups excluding carboxylic acids is 1. The van der Waals surface area contributed by atoms with E-state index in [4.69, 9.17) is 9.15 Å². The molecule has 0 aliphatic rings. The van der Waals surface area contributed by atoms with E-state index < -0.39 is 11.8 Å². The molecule has 112 valence electrons. The van der Waals surface area contributed by atoms with Gasteiger partial charge >= 0.3 is 11.8 Å². The molecule has 0 bridgehead atoms. The molecule has 0 saturated heterocycles. The largest absolute Gasteiger partial charge is 0.419 e. The van der Waals surface area contributed by atoms with Crippen molar-refractivity contribution < 1.29 is 13.9 Å². The minimum Gasteiger partial charge on any atom is -0.410 e. The number of nitrogens with one attached hydrogen (secondary N) is 1. The van der Waals surface area contributed by atoms with E-state index in [9.17, 15) is 9.59 Å². The van der Waals surface area contributed by atoms with Crippen LogP contribution in [0.1, 0.15) is 5.56 Å². The van der Waals surface area contributed by atoms with E-state index in [0.29, 0.717) is 16.8 Å². The number of aryl methyl sites for hydroxylation is 1. The SMILES string of the molecule is Cn1c(=O)oc2cc(CNC(=O)Oc3ccccc3)ccc21. The summed E-state index contributed by atoms with van der Waals surface area (Å²) in [5, 5.41) is 2.65. The first-order valence-electron chi connectivity index (χ1n) is 6.72. The molecule has 0 fully saturated rings. The van der Waals surface area contributed by atoms with Crippen LogP contribution in [0.25, 0.3) is 11.1 Å². The number of hydrogen-bond acceptors (Lipinski definition) is 4. The maximum Gasteiger partial charge on any atom is 0.419 e. The lowest BCUT2D eigenvalue weighted by Gasteiger charge is -2.06. The van der Waals surface area contributed by atoms with Gasteiger partial charge in [0.05, 0.1) is 5.52 Å². The number of amides is 1. The van der Waals surface area contributed by atoms with Crippen molar-refractivity contribution in [3.63, 3.8) is 0 Å². The number of nitrogens with zero attached hydrogens (tertiary/aromatic N) is 1. The van der Waals surface area contributed by atoms with Gasteiger partial charge in [-0.25, -0.2) is 9.59 Å². The molecule has 3 aromatic rings. The van der Waals surface area contributed by atoms with Crippen LogP contribution in [0.3, 0.4) is 0 Å². The highest BCUT2D eigenvalue weighted by molar-refractivity contribution is 5.74. The molecule has 2 aromatic carbocycles. The first kappa shape index (κ1) is 13.9. The zero-order valence-corrected chi connectivity index (χ0v) is 11.9. The molecule has 1 heterocycles. The van der Waals surface area contributed by atoms with Gasteiger partial charge in [0.15, 0.2) is 5.58 Å². The molecule has 0 unspecified atom stereocenters. The van der Waals surface area contributed by atoms with E-state index in [2.05, 4.69) is 5.32 Å². The molecule has 6 nitrogen and oxygen atoms in total. The Bertz CT molecular complexity index is 865. The van der Waals surface area contributed by atoms with Gasteiger partial charge in [-0.05, 0) is 29.8 Å². The first-order valence-corrected chi connectivity index (χ1v) is 6.72. The van der Waals surface area contributed by atoms with Crippen LogP contribution in [0.15, 0.2) is 57.7 Å². The van der Waals surface area contributed by atoms with Crippen molar-refractivity contribution in [2.45, 2.75) is 6.54 Å². The van der Waals surface area contributed by atoms with Gasteiger partial charge < -0.3 is 14.5 Å². The summed E-state index contributed by atoms with van der Waals surface area (Å²) in [6, 6.07) is 14.1. The van der Waals surface area contributed by atoms with Crippen LogP contribution in [-0.4, -0.2) is 10.7 Å². The molecule has 0 aliphatic heterocycles. The van der Waals surface area contributed by atoms with E-state index in [1.54, 1.807) is 43.4 Å². The number of aromatic nitrogens is 1. The fourth-order valence-corrected chi connectivity index (χ4v) is 2.09. The van der Waals surface area contributed by atoms with Crippen molar-refractivity contribution in [3.8, 4) is 5.75 Å². The molecular formula is C16H14N2O4. The number of rotatable bonds is 3. The van der Waals surface area contributed by atoms with Crippen molar-refractivity contribution >= 4 is 17.2 Å². The summed E-state index contributed by atoms with van der Waals surface area (Å²) in [5.74, 6) is 0.0631. The molecule has 3 rings (SSSR count). The van der Waals surface area contributed by atoms with Crippen molar-refractivity contribution in [1.82, 2.24) is 9.88 Å². The maximum atomic E-state index is 11.7. The predicted molar refractivity (Wildman–Crippen MR) is 80.8 cm³/mol. The minimum absolute atomic E-state index is 0.278. The molecule has 0 saturated carbocycles. The van der Waals surface area contributed by atoms with E-state index in [1.165, 1.54) is 4.57 Å². The highest BCUT2D eigenvalue weighted by Gasteiger charge is 2.08. The van der Waals surface area contributed by atoms with Gasteiger partial charge in [0.25, 0.3) is 0 Å². The number of benzene rings is 2. The summed E-state index contributed by atoms with van der Waals surface area (Å²) in [6.07, 6.45) is -0.541. The van der Waals surface area contributed by atoms with Crippen LogP contribution < -0.4 is 15.8 Å². The number of hydrogen-bond donors (Lipinski definition) is 1. The lowest BCUT2D eigenvalue weighted by Crippen LogP contribution is -2.26. The molecule has 1 aromatic heterocycles. The Kier molecular flexibility index (Phi) is 3.65. The zero-order chi connectivity index (χ0) is 15.5. The fraction of sp³-hybridized carbons (Fsp3) is 0.125. The smallest absolute Gasteiger partial charge is 0.410 e. The second kappa shape index (κ2) is 5.77. The summed E-state index contributed by atoms with van der Waals surface area (Å²) in [4.78, 5) is 23.1. The Labute approximate surface area is 125 Å². The molecule has 1 amide bonds. The number of fused-ring (bicyclic) bond motifs is 1. The normalized spacial score (nSPS) is 10.6. The lowest BCUT2D eigenvalue weighted by atomic mass is 10.2. The summed E-state index contributed by atoms with van der Waals surface area (Å²) in [5.41, 5.74) is 2.01. The van der Waals surface area contributed by atoms with E-state index in [-0.39, 0.29) is 6.54 Å². The first-order chi connectivity index (χ1) is 10.6. The van der Waals surface area contributed by atoms with Crippen molar-refractivity contribution in [1.29, 1.82) is 0 Å². The van der Waals surface area contributed by atoms with E-state index >= 15 is 0 Å². The Morgan fingerprint density at radius 1 is 1.23 bits per heavy atom. The average molecular weight is 298 g/mol. The van der Waals surface area contributed by atoms with Crippen molar-refractivity contribution in [3.05, 3.63) is 64.6 Å². The van der Waals surface area contributed by atoms with Crippen LogP contribution >= 0.6 is 0 Å². The van der Waals surface area contributed by atoms with Crippen LogP contribution in [0.4, 0.5) is 4.79 Å². The summed E-state index contributed by atoms with van der Waals surface area (Å²) in [6.45, 7) is 0.278. The van der Waals surface area contributed by atoms with Crippen LogP contribution in [0, 0.1) is 0 Å². The standard InChI is InChI=1S/C16H14N2O4/c1-18-13-8-7-11(9-14(13)22-16(18)20)10-17-15(19)21-12-5-3-2-4-6-12/h2-9H,10H2,1H3,(H,17,19). The second-order valence-electron chi connectivity index (χ2n) is 4.79. The molecule has 0 aliphatic carbocycles. The Morgan fingerprint density at radius 2 is 2.00 bits per heavy atom. The van der Waals surface area contributed by atoms with E-state index in [0.717, 1.165) is 5.56 Å². The Morgan fingerprint density at radius 3 is 2.77 bits per heavy atom. The van der Waals surface area contributed by atoms with Gasteiger partial charge in [-0.3, -0.25) is 4.57 Å². The molecule has 0 radical (unpaired) electrons. The number of para-hydroxylation sites is 1. The Hall–Kier alpha value is -3.02. The second-order valence-corrected chi connectivity index (χ2v) is 4.79. The lowest BCUT2D eigenvalue weighted by molar-refractivity contribution is 0.200. The molecule has 1 N–H and O–H groups in total. The van der Waals surface area contributed by atoms with Crippen molar-refractivity contribution in [2.75, 3.05) is 0 Å². The fourth-order valence-electron chi connectivity index (χ4n) is 2.09. The van der Waals surface area contributed by atoms with Gasteiger partial charge in [-0.2, -0.15) is 0 Å². The topological polar surface area (TPSA) is 73.5 Å². The third kappa shape index (κ3) is 2.85. The molecular weight excluding hydrogens is 284 g/mol. The van der Waals surface area contributed by atoms with Gasteiger partial charge in [-0.1, -0.05) is 24.3 Å². The average Bonchev–Trinajstić information content (AvgIpc) is 2.81. The molecule has 0 spiro atoms.